The first-order valence-electron chi connectivity index (χ1n) is 6.76. The van der Waals surface area contributed by atoms with Crippen LogP contribution in [-0.2, 0) is 11.2 Å². The van der Waals surface area contributed by atoms with Crippen LogP contribution >= 0.6 is 0 Å². The molecule has 0 aliphatic rings. The molecule has 1 aromatic heterocycles. The summed E-state index contributed by atoms with van der Waals surface area (Å²) >= 11 is 0. The van der Waals surface area contributed by atoms with Gasteiger partial charge in [-0.25, -0.2) is 4.68 Å². The number of unbranched alkanes of at least 4 members (excludes halogenated alkanes) is 1. The van der Waals surface area contributed by atoms with Gasteiger partial charge in [-0.05, 0) is 56.4 Å². The molecule has 0 spiro atoms. The Hall–Kier alpha value is -2.17. The molecule has 2 aromatic rings. The highest BCUT2D eigenvalue weighted by molar-refractivity contribution is 5.66. The SMILES string of the molecule is Cc1cc(C)cc(-n2cc(CCCCC(=O)O)nn2)c1. The zero-order chi connectivity index (χ0) is 14.5. The highest BCUT2D eigenvalue weighted by Gasteiger charge is 2.05. The van der Waals surface area contributed by atoms with Crippen LogP contribution in [0.2, 0.25) is 0 Å². The van der Waals surface area contributed by atoms with E-state index < -0.39 is 5.97 Å². The maximum absolute atomic E-state index is 10.4. The lowest BCUT2D eigenvalue weighted by Crippen LogP contribution is -1.96. The number of aromatic nitrogens is 3. The molecule has 1 heterocycles. The molecule has 0 bridgehead atoms. The van der Waals surface area contributed by atoms with Gasteiger partial charge in [0, 0.05) is 6.42 Å². The maximum atomic E-state index is 10.4. The van der Waals surface area contributed by atoms with Crippen LogP contribution in [0.25, 0.3) is 5.69 Å². The van der Waals surface area contributed by atoms with E-state index in [0.717, 1.165) is 24.2 Å². The predicted octanol–water partition coefficient (Wildman–Crippen LogP) is 2.68. The molecule has 0 atom stereocenters. The van der Waals surface area contributed by atoms with Crippen LogP contribution in [0.5, 0.6) is 0 Å². The zero-order valence-corrected chi connectivity index (χ0v) is 11.8. The lowest BCUT2D eigenvalue weighted by atomic mass is 10.1. The lowest BCUT2D eigenvalue weighted by molar-refractivity contribution is -0.137. The number of aliphatic carboxylic acids is 1. The Balaban J connectivity index is 1.99. The standard InChI is InChI=1S/C15H19N3O2/c1-11-7-12(2)9-14(8-11)18-10-13(16-17-18)5-3-4-6-15(19)20/h7-10H,3-6H2,1-2H3,(H,19,20). The molecule has 0 aliphatic carbocycles. The van der Waals surface area contributed by atoms with E-state index in [0.29, 0.717) is 6.42 Å². The lowest BCUT2D eigenvalue weighted by Gasteiger charge is -2.03. The number of benzene rings is 1. The van der Waals surface area contributed by atoms with E-state index >= 15 is 0 Å². The quantitative estimate of drug-likeness (QED) is 0.822. The second kappa shape index (κ2) is 6.32. The van der Waals surface area contributed by atoms with Gasteiger partial charge >= 0.3 is 5.97 Å². The fourth-order valence-electron chi connectivity index (χ4n) is 2.20. The van der Waals surface area contributed by atoms with E-state index in [9.17, 15) is 4.79 Å². The Morgan fingerprint density at radius 3 is 2.55 bits per heavy atom. The van der Waals surface area contributed by atoms with Crippen molar-refractivity contribution in [3.8, 4) is 5.69 Å². The van der Waals surface area contributed by atoms with E-state index in [1.165, 1.54) is 11.1 Å². The van der Waals surface area contributed by atoms with Gasteiger partial charge in [-0.15, -0.1) is 5.10 Å². The molecule has 0 saturated carbocycles. The summed E-state index contributed by atoms with van der Waals surface area (Å²) in [5.41, 5.74) is 4.29. The highest BCUT2D eigenvalue weighted by Crippen LogP contribution is 2.13. The van der Waals surface area contributed by atoms with Crippen molar-refractivity contribution >= 4 is 5.97 Å². The van der Waals surface area contributed by atoms with Crippen molar-refractivity contribution in [2.75, 3.05) is 0 Å². The van der Waals surface area contributed by atoms with Crippen molar-refractivity contribution in [2.45, 2.75) is 39.5 Å². The van der Waals surface area contributed by atoms with Gasteiger partial charge < -0.3 is 5.11 Å². The molecule has 0 unspecified atom stereocenters. The van der Waals surface area contributed by atoms with Crippen molar-refractivity contribution in [2.24, 2.45) is 0 Å². The minimum atomic E-state index is -0.746. The van der Waals surface area contributed by atoms with Gasteiger partial charge in [-0.1, -0.05) is 11.3 Å². The third-order valence-electron chi connectivity index (χ3n) is 3.09. The Kier molecular flexibility index (Phi) is 4.50. The van der Waals surface area contributed by atoms with Crippen LogP contribution in [-0.4, -0.2) is 26.1 Å². The zero-order valence-electron chi connectivity index (χ0n) is 11.8. The van der Waals surface area contributed by atoms with Gasteiger partial charge in [0.2, 0.25) is 0 Å². The van der Waals surface area contributed by atoms with E-state index in [-0.39, 0.29) is 6.42 Å². The third kappa shape index (κ3) is 3.91. The number of hydrogen-bond donors (Lipinski definition) is 1. The highest BCUT2D eigenvalue weighted by atomic mass is 16.4. The van der Waals surface area contributed by atoms with Crippen LogP contribution in [0.15, 0.2) is 24.4 Å². The second-order valence-corrected chi connectivity index (χ2v) is 5.10. The summed E-state index contributed by atoms with van der Waals surface area (Å²) in [5, 5.41) is 16.9. The van der Waals surface area contributed by atoms with E-state index in [1.807, 2.05) is 6.20 Å². The summed E-state index contributed by atoms with van der Waals surface area (Å²) in [6.45, 7) is 4.11. The number of hydrogen-bond acceptors (Lipinski definition) is 3. The number of carboxylic acids is 1. The summed E-state index contributed by atoms with van der Waals surface area (Å²) in [6, 6.07) is 6.25. The van der Waals surface area contributed by atoms with Crippen molar-refractivity contribution in [1.29, 1.82) is 0 Å². The minimum Gasteiger partial charge on any atom is -0.481 e. The van der Waals surface area contributed by atoms with Crippen molar-refractivity contribution in [3.05, 3.63) is 41.2 Å². The fraction of sp³-hybridized carbons (Fsp3) is 0.400. The molecule has 20 heavy (non-hydrogen) atoms. The van der Waals surface area contributed by atoms with E-state index in [2.05, 4.69) is 42.4 Å². The molecule has 5 nitrogen and oxygen atoms in total. The number of aryl methyl sites for hydroxylation is 3. The molecular formula is C15H19N3O2. The average molecular weight is 273 g/mol. The summed E-state index contributed by atoms with van der Waals surface area (Å²) in [7, 11) is 0. The van der Waals surface area contributed by atoms with Gasteiger partial charge in [0.25, 0.3) is 0 Å². The molecule has 0 fully saturated rings. The number of nitrogens with zero attached hydrogens (tertiary/aromatic N) is 3. The van der Waals surface area contributed by atoms with Crippen LogP contribution in [0, 0.1) is 13.8 Å². The first kappa shape index (κ1) is 14.2. The normalized spacial score (nSPS) is 10.7. The molecule has 1 aromatic carbocycles. The average Bonchev–Trinajstić information content (AvgIpc) is 2.82. The topological polar surface area (TPSA) is 68.0 Å². The van der Waals surface area contributed by atoms with Gasteiger partial charge in [0.05, 0.1) is 17.6 Å². The maximum Gasteiger partial charge on any atom is 0.303 e. The third-order valence-corrected chi connectivity index (χ3v) is 3.09. The Morgan fingerprint density at radius 2 is 1.90 bits per heavy atom. The minimum absolute atomic E-state index is 0.214. The molecule has 0 aliphatic heterocycles. The van der Waals surface area contributed by atoms with Crippen LogP contribution < -0.4 is 0 Å². The van der Waals surface area contributed by atoms with Gasteiger partial charge in [0.15, 0.2) is 0 Å². The first-order chi connectivity index (χ1) is 9.54. The van der Waals surface area contributed by atoms with Crippen LogP contribution in [0.1, 0.15) is 36.1 Å². The van der Waals surface area contributed by atoms with Crippen LogP contribution in [0.3, 0.4) is 0 Å². The summed E-state index contributed by atoms with van der Waals surface area (Å²) in [5.74, 6) is -0.746. The summed E-state index contributed by atoms with van der Waals surface area (Å²) < 4.78 is 1.77. The van der Waals surface area contributed by atoms with Crippen molar-refractivity contribution < 1.29 is 9.90 Å². The van der Waals surface area contributed by atoms with Crippen LogP contribution in [0.4, 0.5) is 0 Å². The molecule has 5 heteroatoms. The Bertz CT molecular complexity index is 585. The largest absolute Gasteiger partial charge is 0.481 e. The molecular weight excluding hydrogens is 254 g/mol. The molecule has 106 valence electrons. The molecule has 1 N–H and O–H groups in total. The number of rotatable bonds is 6. The smallest absolute Gasteiger partial charge is 0.303 e. The van der Waals surface area contributed by atoms with Crippen molar-refractivity contribution in [3.63, 3.8) is 0 Å². The molecule has 0 amide bonds. The van der Waals surface area contributed by atoms with E-state index in [4.69, 9.17) is 5.11 Å². The summed E-state index contributed by atoms with van der Waals surface area (Å²) in [6.07, 6.45) is 4.38. The molecule has 0 saturated heterocycles. The monoisotopic (exact) mass is 273 g/mol. The number of carboxylic acid groups (broad SMARTS) is 1. The first-order valence-corrected chi connectivity index (χ1v) is 6.76. The second-order valence-electron chi connectivity index (χ2n) is 5.10. The molecule has 2 rings (SSSR count). The predicted molar refractivity (Wildman–Crippen MR) is 76.0 cm³/mol. The molecule has 0 radical (unpaired) electrons. The van der Waals surface area contributed by atoms with Crippen molar-refractivity contribution in [1.82, 2.24) is 15.0 Å². The fourth-order valence-corrected chi connectivity index (χ4v) is 2.20. The van der Waals surface area contributed by atoms with Gasteiger partial charge in [-0.2, -0.15) is 0 Å². The Morgan fingerprint density at radius 1 is 1.20 bits per heavy atom. The van der Waals surface area contributed by atoms with Gasteiger partial charge in [-0.3, -0.25) is 4.79 Å². The van der Waals surface area contributed by atoms with Gasteiger partial charge in [0.1, 0.15) is 0 Å². The Labute approximate surface area is 118 Å². The summed E-state index contributed by atoms with van der Waals surface area (Å²) in [4.78, 5) is 10.4. The number of carbonyl (C=O) groups is 1. The van der Waals surface area contributed by atoms with E-state index in [1.54, 1.807) is 4.68 Å².